The molecule has 332 valence electrons. The first-order chi connectivity index (χ1) is 27.0. The van der Waals surface area contributed by atoms with Gasteiger partial charge in [-0.05, 0) is 109 Å². The number of nitrogens with two attached hydrogens (primary N) is 1. The molecular weight excluding hydrogens is 768 g/mol. The van der Waals surface area contributed by atoms with E-state index in [1.807, 2.05) is 0 Å². The molecule has 19 nitrogen and oxygen atoms in total. The number of piperazine rings is 2. The van der Waals surface area contributed by atoms with E-state index in [1.165, 1.54) is 29.4 Å². The summed E-state index contributed by atoms with van der Waals surface area (Å²) in [5, 5.41) is 9.35. The number of primary amides is 1. The average molecular weight is 835 g/mol. The lowest BCUT2D eigenvalue weighted by Gasteiger charge is -2.42. The van der Waals surface area contributed by atoms with Gasteiger partial charge in [0.25, 0.3) is 0 Å². The van der Waals surface area contributed by atoms with Gasteiger partial charge >= 0.3 is 24.4 Å². The summed E-state index contributed by atoms with van der Waals surface area (Å²) in [6.45, 7) is 22.5. The molecule has 0 aromatic heterocycles. The molecule has 0 aromatic rings. The zero-order valence-corrected chi connectivity index (χ0v) is 37.0. The molecule has 59 heavy (non-hydrogen) atoms. The number of carbonyl (C=O) groups is 7. The summed E-state index contributed by atoms with van der Waals surface area (Å²) >= 11 is 0. The molecule has 19 heteroatoms. The Morgan fingerprint density at radius 1 is 0.492 bits per heavy atom. The molecule has 4 aliphatic heterocycles. The largest absolute Gasteiger partial charge is 0.444 e. The van der Waals surface area contributed by atoms with Crippen LogP contribution < -0.4 is 5.73 Å². The highest BCUT2D eigenvalue weighted by atomic mass is 16.6. The van der Waals surface area contributed by atoms with E-state index < -0.39 is 82.8 Å². The highest BCUT2D eigenvalue weighted by molar-refractivity contribution is 5.92. The Kier molecular flexibility index (Phi) is 15.5. The van der Waals surface area contributed by atoms with Gasteiger partial charge in [-0.25, -0.2) is 19.2 Å². The van der Waals surface area contributed by atoms with Crippen molar-refractivity contribution in [2.24, 2.45) is 5.73 Å². The summed E-state index contributed by atoms with van der Waals surface area (Å²) in [6, 6.07) is -0.982. The van der Waals surface area contributed by atoms with Gasteiger partial charge in [0.05, 0.1) is 19.2 Å². The summed E-state index contributed by atoms with van der Waals surface area (Å²) in [5.74, 6) is -1.34. The molecule has 0 spiro atoms. The highest BCUT2D eigenvalue weighted by Gasteiger charge is 2.46. The first-order valence-electron chi connectivity index (χ1n) is 20.3. The molecular formula is C40H66N8O11. The Morgan fingerprint density at radius 3 is 1.22 bits per heavy atom. The van der Waals surface area contributed by atoms with Crippen molar-refractivity contribution in [2.45, 2.75) is 155 Å². The van der Waals surface area contributed by atoms with Crippen LogP contribution >= 0.6 is 0 Å². The Balaban J connectivity index is 0.000000316. The van der Waals surface area contributed by atoms with E-state index in [0.29, 0.717) is 32.4 Å². The second-order valence-electron chi connectivity index (χ2n) is 19.1. The predicted molar refractivity (Wildman–Crippen MR) is 213 cm³/mol. The van der Waals surface area contributed by atoms with Gasteiger partial charge in [-0.1, -0.05) is 0 Å². The van der Waals surface area contributed by atoms with Gasteiger partial charge in [0, 0.05) is 39.3 Å². The van der Waals surface area contributed by atoms with E-state index in [0.717, 1.165) is 6.42 Å². The molecule has 0 saturated carbocycles. The van der Waals surface area contributed by atoms with Crippen LogP contribution in [-0.4, -0.2) is 170 Å². The number of ether oxygens (including phenoxy) is 4. The molecule has 4 saturated heterocycles. The number of amides is 7. The molecule has 4 unspecified atom stereocenters. The molecule has 4 aliphatic rings. The van der Waals surface area contributed by atoms with Gasteiger partial charge in [-0.15, -0.1) is 0 Å². The number of nitrogens with zero attached hydrogens (tertiary/aromatic N) is 7. The number of hydrogen-bond donors (Lipinski definition) is 1. The van der Waals surface area contributed by atoms with Crippen molar-refractivity contribution in [1.82, 2.24) is 29.4 Å². The summed E-state index contributed by atoms with van der Waals surface area (Å²) in [7, 11) is 0. The Labute approximate surface area is 348 Å². The van der Waals surface area contributed by atoms with Crippen molar-refractivity contribution in [3.63, 3.8) is 0 Å². The van der Waals surface area contributed by atoms with Crippen LogP contribution in [0.3, 0.4) is 0 Å². The van der Waals surface area contributed by atoms with Gasteiger partial charge in [0.15, 0.2) is 0 Å². The first kappa shape index (κ1) is 48.3. The molecule has 4 fully saturated rings. The van der Waals surface area contributed by atoms with Gasteiger partial charge in [0.1, 0.15) is 46.6 Å². The molecule has 0 aromatic carbocycles. The van der Waals surface area contributed by atoms with E-state index in [4.69, 9.17) is 24.7 Å². The van der Waals surface area contributed by atoms with Crippen molar-refractivity contribution < 1.29 is 52.5 Å². The summed E-state index contributed by atoms with van der Waals surface area (Å²) < 4.78 is 21.8. The molecule has 7 amide bonds. The lowest BCUT2D eigenvalue weighted by Crippen LogP contribution is -2.63. The van der Waals surface area contributed by atoms with Crippen LogP contribution in [0.25, 0.3) is 0 Å². The molecule has 0 radical (unpaired) electrons. The Hall–Kier alpha value is -5.02. The topological polar surface area (TPSA) is 226 Å². The highest BCUT2D eigenvalue weighted by Crippen LogP contribution is 2.26. The lowest BCUT2D eigenvalue weighted by molar-refractivity contribution is -0.143. The third kappa shape index (κ3) is 14.1. The second-order valence-corrected chi connectivity index (χ2v) is 19.1. The van der Waals surface area contributed by atoms with Crippen LogP contribution in [0.2, 0.25) is 0 Å². The lowest BCUT2D eigenvalue weighted by atomic mass is 10.1. The zero-order valence-electron chi connectivity index (χ0n) is 37.0. The summed E-state index contributed by atoms with van der Waals surface area (Å²) in [5.41, 5.74) is 2.65. The Bertz CT molecular complexity index is 1620. The average Bonchev–Trinajstić information content (AvgIpc) is 3.78. The fourth-order valence-electron chi connectivity index (χ4n) is 6.93. The van der Waals surface area contributed by atoms with Crippen molar-refractivity contribution in [1.29, 1.82) is 5.26 Å². The predicted octanol–water partition coefficient (Wildman–Crippen LogP) is 3.68. The third-order valence-electron chi connectivity index (χ3n) is 9.44. The maximum Gasteiger partial charge on any atom is 0.411 e. The van der Waals surface area contributed by atoms with Crippen molar-refractivity contribution >= 4 is 42.1 Å². The second kappa shape index (κ2) is 18.9. The third-order valence-corrected chi connectivity index (χ3v) is 9.44. The SMILES string of the molecule is CC(C)(C)OC(=O)N1CCN(C(=O)OC(C)(C)C)C(C(=O)N2CCCC2C#N)C1.CC(C)(C)OC(=O)N1CCN(C(=O)OC(C)(C)C)C(C(=O)N2CCCC2C(N)=O)C1. The van der Waals surface area contributed by atoms with Crippen LogP contribution in [0.4, 0.5) is 19.2 Å². The molecule has 0 aliphatic carbocycles. The van der Waals surface area contributed by atoms with Gasteiger partial charge in [-0.3, -0.25) is 24.2 Å². The fraction of sp³-hybridized carbons (Fsp3) is 0.800. The van der Waals surface area contributed by atoms with Crippen LogP contribution in [-0.2, 0) is 33.3 Å². The standard InChI is InChI=1S/C20H34N4O6.C20H32N4O5/c1-19(2,3)29-17(27)22-10-11-24(18(28)30-20(4,5)6)14(12-22)16(26)23-9-7-8-13(23)15(21)25;1-19(2,3)28-17(26)22-10-11-24(18(27)29-20(4,5)6)15(13-22)16(25)23-9-7-8-14(23)12-21/h13-14H,7-12H2,1-6H3,(H2,21,25);14-15H,7-11,13H2,1-6H3. The fourth-order valence-corrected chi connectivity index (χ4v) is 6.93. The normalized spacial score (nSPS) is 22.8. The van der Waals surface area contributed by atoms with Gasteiger partial charge < -0.3 is 44.3 Å². The smallest absolute Gasteiger partial charge is 0.411 e. The molecule has 4 atom stereocenters. The van der Waals surface area contributed by atoms with Crippen LogP contribution in [0.1, 0.15) is 109 Å². The van der Waals surface area contributed by atoms with Crippen molar-refractivity contribution in [2.75, 3.05) is 52.4 Å². The van der Waals surface area contributed by atoms with Gasteiger partial charge in [0.2, 0.25) is 17.7 Å². The quantitative estimate of drug-likeness (QED) is 0.402. The Morgan fingerprint density at radius 2 is 0.847 bits per heavy atom. The van der Waals surface area contributed by atoms with E-state index >= 15 is 0 Å². The van der Waals surface area contributed by atoms with Gasteiger partial charge in [-0.2, -0.15) is 5.26 Å². The van der Waals surface area contributed by atoms with Crippen LogP contribution in [0.5, 0.6) is 0 Å². The molecule has 4 heterocycles. The zero-order chi connectivity index (χ0) is 44.8. The number of hydrogen-bond acceptors (Lipinski definition) is 12. The molecule has 2 N–H and O–H groups in total. The van der Waals surface area contributed by atoms with Crippen molar-refractivity contribution in [3.8, 4) is 6.07 Å². The van der Waals surface area contributed by atoms with Crippen molar-refractivity contribution in [3.05, 3.63) is 0 Å². The minimum Gasteiger partial charge on any atom is -0.444 e. The van der Waals surface area contributed by atoms with E-state index in [-0.39, 0.29) is 45.2 Å². The van der Waals surface area contributed by atoms with E-state index in [2.05, 4.69) is 6.07 Å². The number of nitriles is 1. The molecule has 4 rings (SSSR count). The minimum absolute atomic E-state index is 0.00163. The van der Waals surface area contributed by atoms with E-state index in [1.54, 1.807) is 83.1 Å². The summed E-state index contributed by atoms with van der Waals surface area (Å²) in [6.07, 6.45) is 0.140. The number of rotatable bonds is 3. The summed E-state index contributed by atoms with van der Waals surface area (Å²) in [4.78, 5) is 97.4. The minimum atomic E-state index is -0.985. The van der Waals surface area contributed by atoms with E-state index in [9.17, 15) is 38.8 Å². The van der Waals surface area contributed by atoms with Crippen LogP contribution in [0, 0.1) is 11.3 Å². The number of carbonyl (C=O) groups excluding carboxylic acids is 7. The van der Waals surface area contributed by atoms with Crippen LogP contribution in [0.15, 0.2) is 0 Å². The first-order valence-corrected chi connectivity index (χ1v) is 20.3. The number of likely N-dealkylation sites (tertiary alicyclic amines) is 2. The monoisotopic (exact) mass is 834 g/mol. The maximum atomic E-state index is 13.3. The molecule has 0 bridgehead atoms. The maximum absolute atomic E-state index is 13.3.